The van der Waals surface area contributed by atoms with Crippen molar-refractivity contribution in [1.29, 1.82) is 0 Å². The van der Waals surface area contributed by atoms with Crippen LogP contribution in [0.1, 0.15) is 51.3 Å². The zero-order valence-corrected chi connectivity index (χ0v) is 12.3. The Labute approximate surface area is 117 Å². The lowest BCUT2D eigenvalue weighted by Crippen LogP contribution is -2.18. The highest BCUT2D eigenvalue weighted by atomic mass is 16.5. The summed E-state index contributed by atoms with van der Waals surface area (Å²) in [4.78, 5) is 7.32. The lowest BCUT2D eigenvalue weighted by Gasteiger charge is -2.05. The number of rotatable bonds is 13. The maximum absolute atomic E-state index is 5.59. The Bertz CT molecular complexity index is 275. The van der Waals surface area contributed by atoms with Crippen LogP contribution in [-0.2, 0) is 11.2 Å². The van der Waals surface area contributed by atoms with E-state index in [-0.39, 0.29) is 0 Å². The Morgan fingerprint density at radius 2 is 1.95 bits per heavy atom. The fraction of sp³-hybridized carbons (Fsp3) is 0.800. The molecule has 0 atom stereocenters. The predicted octanol–water partition coefficient (Wildman–Crippen LogP) is 2.92. The number of ether oxygens (including phenoxy) is 1. The number of hydrogen-bond acceptors (Lipinski definition) is 3. The van der Waals surface area contributed by atoms with Crippen LogP contribution in [0.25, 0.3) is 0 Å². The molecule has 4 nitrogen and oxygen atoms in total. The summed E-state index contributed by atoms with van der Waals surface area (Å²) in [6, 6.07) is 0. The number of aromatic amines is 1. The molecule has 1 heterocycles. The number of nitrogens with zero attached hydrogens (tertiary/aromatic N) is 1. The lowest BCUT2D eigenvalue weighted by molar-refractivity contribution is 0.127. The Hall–Kier alpha value is -0.870. The van der Waals surface area contributed by atoms with Gasteiger partial charge in [0.05, 0.1) is 0 Å². The van der Waals surface area contributed by atoms with Crippen molar-refractivity contribution < 1.29 is 4.74 Å². The SMILES string of the molecule is CCCCCCOCCCNCCCc1ncc[nH]1. The predicted molar refractivity (Wildman–Crippen MR) is 79.4 cm³/mol. The average molecular weight is 267 g/mol. The van der Waals surface area contributed by atoms with E-state index in [1.807, 2.05) is 6.20 Å². The summed E-state index contributed by atoms with van der Waals surface area (Å²) < 4.78 is 5.59. The van der Waals surface area contributed by atoms with Gasteiger partial charge in [-0.05, 0) is 32.4 Å². The Balaban J connectivity index is 1.72. The van der Waals surface area contributed by atoms with Crippen molar-refractivity contribution in [1.82, 2.24) is 15.3 Å². The summed E-state index contributed by atoms with van der Waals surface area (Å²) in [5.74, 6) is 1.08. The molecule has 0 bridgehead atoms. The van der Waals surface area contributed by atoms with E-state index >= 15 is 0 Å². The summed E-state index contributed by atoms with van der Waals surface area (Å²) in [6.45, 7) is 6.15. The number of aromatic nitrogens is 2. The second kappa shape index (κ2) is 12.2. The third kappa shape index (κ3) is 9.68. The molecule has 2 N–H and O–H groups in total. The Morgan fingerprint density at radius 1 is 1.11 bits per heavy atom. The maximum Gasteiger partial charge on any atom is 0.106 e. The van der Waals surface area contributed by atoms with Crippen LogP contribution in [0.5, 0.6) is 0 Å². The molecule has 0 aliphatic rings. The molecule has 0 spiro atoms. The zero-order chi connectivity index (χ0) is 13.6. The van der Waals surface area contributed by atoms with E-state index in [9.17, 15) is 0 Å². The van der Waals surface area contributed by atoms with Gasteiger partial charge >= 0.3 is 0 Å². The second-order valence-corrected chi connectivity index (χ2v) is 4.92. The minimum atomic E-state index is 0.886. The molecule has 19 heavy (non-hydrogen) atoms. The first-order valence-electron chi connectivity index (χ1n) is 7.70. The molecule has 0 aromatic carbocycles. The van der Waals surface area contributed by atoms with Gasteiger partial charge in [0.1, 0.15) is 5.82 Å². The molecule has 0 fully saturated rings. The Kier molecular flexibility index (Phi) is 10.4. The highest BCUT2D eigenvalue weighted by molar-refractivity contribution is 4.86. The van der Waals surface area contributed by atoms with Gasteiger partial charge in [-0.3, -0.25) is 0 Å². The number of imidazole rings is 1. The van der Waals surface area contributed by atoms with E-state index in [1.165, 1.54) is 25.7 Å². The number of aryl methyl sites for hydroxylation is 1. The van der Waals surface area contributed by atoms with Gasteiger partial charge in [-0.2, -0.15) is 0 Å². The van der Waals surface area contributed by atoms with Crippen LogP contribution in [0.3, 0.4) is 0 Å². The van der Waals surface area contributed by atoms with Crippen LogP contribution in [0.4, 0.5) is 0 Å². The van der Waals surface area contributed by atoms with Gasteiger partial charge in [-0.15, -0.1) is 0 Å². The molecule has 1 aromatic rings. The van der Waals surface area contributed by atoms with E-state index in [4.69, 9.17) is 4.74 Å². The third-order valence-electron chi connectivity index (χ3n) is 3.11. The van der Waals surface area contributed by atoms with Crippen LogP contribution in [0.2, 0.25) is 0 Å². The summed E-state index contributed by atoms with van der Waals surface area (Å²) in [6.07, 6.45) is 12.1. The molecule has 4 heteroatoms. The molecule has 1 rings (SSSR count). The second-order valence-electron chi connectivity index (χ2n) is 4.92. The summed E-state index contributed by atoms with van der Waals surface area (Å²) >= 11 is 0. The fourth-order valence-corrected chi connectivity index (χ4v) is 1.97. The van der Waals surface area contributed by atoms with Crippen molar-refractivity contribution in [3.63, 3.8) is 0 Å². The Morgan fingerprint density at radius 3 is 2.74 bits per heavy atom. The molecule has 0 radical (unpaired) electrons. The molecule has 0 aliphatic heterocycles. The van der Waals surface area contributed by atoms with Gasteiger partial charge < -0.3 is 15.0 Å². The quantitative estimate of drug-likeness (QED) is 0.540. The van der Waals surface area contributed by atoms with Crippen LogP contribution in [-0.4, -0.2) is 36.3 Å². The van der Waals surface area contributed by atoms with Crippen LogP contribution < -0.4 is 5.32 Å². The number of hydrogen-bond donors (Lipinski definition) is 2. The molecule has 1 aromatic heterocycles. The summed E-state index contributed by atoms with van der Waals surface area (Å²) in [7, 11) is 0. The van der Waals surface area contributed by atoms with Gasteiger partial charge in [0.2, 0.25) is 0 Å². The minimum absolute atomic E-state index is 0.886. The van der Waals surface area contributed by atoms with Crippen molar-refractivity contribution in [3.05, 3.63) is 18.2 Å². The van der Waals surface area contributed by atoms with Gasteiger partial charge in [-0.25, -0.2) is 4.98 Å². The van der Waals surface area contributed by atoms with Gasteiger partial charge in [0, 0.05) is 32.0 Å². The first kappa shape index (κ1) is 16.2. The van der Waals surface area contributed by atoms with Gasteiger partial charge in [-0.1, -0.05) is 26.2 Å². The molecule has 0 saturated heterocycles. The molecular weight excluding hydrogens is 238 g/mol. The molecule has 110 valence electrons. The highest BCUT2D eigenvalue weighted by Gasteiger charge is 1.94. The topological polar surface area (TPSA) is 49.9 Å². The highest BCUT2D eigenvalue weighted by Crippen LogP contribution is 1.99. The van der Waals surface area contributed by atoms with Crippen molar-refractivity contribution in [2.45, 2.75) is 51.9 Å². The standard InChI is InChI=1S/C15H29N3O/c1-2-3-4-5-13-19-14-7-10-16-9-6-8-15-17-11-12-18-15/h11-12,16H,2-10,13-14H2,1H3,(H,17,18). The fourth-order valence-electron chi connectivity index (χ4n) is 1.97. The van der Waals surface area contributed by atoms with Gasteiger partial charge in [0.25, 0.3) is 0 Å². The monoisotopic (exact) mass is 267 g/mol. The number of H-pyrrole nitrogens is 1. The molecule has 0 aliphatic carbocycles. The number of nitrogens with one attached hydrogen (secondary N) is 2. The van der Waals surface area contributed by atoms with Crippen LogP contribution >= 0.6 is 0 Å². The minimum Gasteiger partial charge on any atom is -0.381 e. The van der Waals surface area contributed by atoms with Gasteiger partial charge in [0.15, 0.2) is 0 Å². The van der Waals surface area contributed by atoms with E-state index in [0.29, 0.717) is 0 Å². The van der Waals surface area contributed by atoms with E-state index in [0.717, 1.165) is 51.4 Å². The van der Waals surface area contributed by atoms with Crippen LogP contribution in [0, 0.1) is 0 Å². The van der Waals surface area contributed by atoms with E-state index < -0.39 is 0 Å². The van der Waals surface area contributed by atoms with Crippen molar-refractivity contribution in [2.75, 3.05) is 26.3 Å². The molecule has 0 saturated carbocycles. The number of unbranched alkanes of at least 4 members (excludes halogenated alkanes) is 3. The van der Waals surface area contributed by atoms with Crippen molar-refractivity contribution in [3.8, 4) is 0 Å². The largest absolute Gasteiger partial charge is 0.381 e. The third-order valence-corrected chi connectivity index (χ3v) is 3.11. The lowest BCUT2D eigenvalue weighted by atomic mass is 10.2. The first-order valence-corrected chi connectivity index (χ1v) is 7.70. The summed E-state index contributed by atoms with van der Waals surface area (Å²) in [5.41, 5.74) is 0. The molecule has 0 amide bonds. The van der Waals surface area contributed by atoms with Crippen LogP contribution in [0.15, 0.2) is 12.4 Å². The summed E-state index contributed by atoms with van der Waals surface area (Å²) in [5, 5.41) is 3.44. The smallest absolute Gasteiger partial charge is 0.106 e. The molecular formula is C15H29N3O. The van der Waals surface area contributed by atoms with E-state index in [1.54, 1.807) is 6.20 Å². The zero-order valence-electron chi connectivity index (χ0n) is 12.3. The van der Waals surface area contributed by atoms with Crippen molar-refractivity contribution >= 4 is 0 Å². The van der Waals surface area contributed by atoms with Crippen molar-refractivity contribution in [2.24, 2.45) is 0 Å². The van der Waals surface area contributed by atoms with E-state index in [2.05, 4.69) is 22.2 Å². The average Bonchev–Trinajstić information content (AvgIpc) is 2.93. The molecule has 0 unspecified atom stereocenters. The normalized spacial score (nSPS) is 11.0. The first-order chi connectivity index (χ1) is 9.43. The maximum atomic E-state index is 5.59.